The third kappa shape index (κ3) is 3.80. The molecule has 146 valence electrons. The first-order chi connectivity index (χ1) is 12.7. The van der Waals surface area contributed by atoms with Gasteiger partial charge in [-0.2, -0.15) is 0 Å². The molecule has 2 aliphatic heterocycles. The molecule has 0 aromatic heterocycles. The minimum Gasteiger partial charge on any atom is -0.324 e. The number of benzene rings is 1. The summed E-state index contributed by atoms with van der Waals surface area (Å²) >= 11 is 6.11. The molecule has 3 rings (SSSR count). The number of hydrogen-bond acceptors (Lipinski definition) is 4. The highest BCUT2D eigenvalue weighted by atomic mass is 35.5. The van der Waals surface area contributed by atoms with Crippen molar-refractivity contribution in [2.45, 2.75) is 45.2 Å². The number of rotatable bonds is 4. The molecule has 2 saturated heterocycles. The fraction of sp³-hybridized carbons (Fsp3) is 0.526. The quantitative estimate of drug-likeness (QED) is 0.686. The van der Waals surface area contributed by atoms with E-state index >= 15 is 0 Å². The van der Waals surface area contributed by atoms with Gasteiger partial charge in [0.05, 0.1) is 6.04 Å². The molecule has 0 bridgehead atoms. The van der Waals surface area contributed by atoms with Gasteiger partial charge in [0, 0.05) is 10.7 Å². The van der Waals surface area contributed by atoms with Gasteiger partial charge in [-0.15, -0.1) is 0 Å². The standard InChI is InChI=1S/C19H25ClN4O3/c1-11-14(20)5-4-6-15(11)21-16(25)12(2)24-9-7-13(8-10-24)19(3)17(26)22-18(27)23-19/h4-6,12-13H,7-10H2,1-3H3,(H,21,25)(H2,22,23,26,27). The number of hydrogen-bond donors (Lipinski definition) is 3. The molecule has 2 fully saturated rings. The lowest BCUT2D eigenvalue weighted by Gasteiger charge is -2.40. The molecule has 1 aromatic carbocycles. The number of nitrogens with one attached hydrogen (secondary N) is 3. The molecule has 0 radical (unpaired) electrons. The van der Waals surface area contributed by atoms with E-state index in [1.807, 2.05) is 26.0 Å². The molecule has 2 aliphatic rings. The Hall–Kier alpha value is -2.12. The number of urea groups is 1. The molecule has 8 heteroatoms. The van der Waals surface area contributed by atoms with E-state index in [2.05, 4.69) is 20.9 Å². The highest BCUT2D eigenvalue weighted by Crippen LogP contribution is 2.31. The largest absolute Gasteiger partial charge is 0.324 e. The van der Waals surface area contributed by atoms with Crippen LogP contribution >= 0.6 is 11.6 Å². The van der Waals surface area contributed by atoms with Crippen molar-refractivity contribution in [2.24, 2.45) is 5.92 Å². The zero-order valence-electron chi connectivity index (χ0n) is 15.8. The maximum absolute atomic E-state index is 12.7. The van der Waals surface area contributed by atoms with Gasteiger partial charge in [0.15, 0.2) is 0 Å². The summed E-state index contributed by atoms with van der Waals surface area (Å²) in [7, 11) is 0. The van der Waals surface area contributed by atoms with Gasteiger partial charge >= 0.3 is 6.03 Å². The summed E-state index contributed by atoms with van der Waals surface area (Å²) in [5.41, 5.74) is 0.688. The minimum atomic E-state index is -0.868. The van der Waals surface area contributed by atoms with E-state index in [0.717, 1.165) is 18.4 Å². The molecule has 7 nitrogen and oxygen atoms in total. The van der Waals surface area contributed by atoms with Crippen LogP contribution in [-0.2, 0) is 9.59 Å². The Kier molecular flexibility index (Phi) is 5.44. The molecule has 27 heavy (non-hydrogen) atoms. The van der Waals surface area contributed by atoms with Gasteiger partial charge in [-0.05, 0) is 70.3 Å². The summed E-state index contributed by atoms with van der Waals surface area (Å²) in [6.45, 7) is 6.89. The first-order valence-electron chi connectivity index (χ1n) is 9.16. The molecule has 1 aromatic rings. The Labute approximate surface area is 163 Å². The van der Waals surface area contributed by atoms with Crippen molar-refractivity contribution in [1.29, 1.82) is 0 Å². The fourth-order valence-electron chi connectivity index (χ4n) is 3.85. The predicted molar refractivity (Wildman–Crippen MR) is 104 cm³/mol. The lowest BCUT2D eigenvalue weighted by atomic mass is 9.79. The van der Waals surface area contributed by atoms with E-state index in [1.54, 1.807) is 13.0 Å². The number of carbonyl (C=O) groups is 3. The SMILES string of the molecule is Cc1c(Cl)cccc1NC(=O)C(C)N1CCC(C2(C)NC(=O)NC2=O)CC1. The second-order valence-electron chi connectivity index (χ2n) is 7.50. The number of carbonyl (C=O) groups excluding carboxylic acids is 3. The molecule has 0 saturated carbocycles. The monoisotopic (exact) mass is 392 g/mol. The number of amides is 4. The molecule has 2 unspecified atom stereocenters. The van der Waals surface area contributed by atoms with Crippen LogP contribution in [0.15, 0.2) is 18.2 Å². The van der Waals surface area contributed by atoms with E-state index in [4.69, 9.17) is 11.6 Å². The summed E-state index contributed by atoms with van der Waals surface area (Å²) in [5, 5.41) is 8.63. The highest BCUT2D eigenvalue weighted by molar-refractivity contribution is 6.31. The molecular weight excluding hydrogens is 368 g/mol. The van der Waals surface area contributed by atoms with Crippen LogP contribution in [0, 0.1) is 12.8 Å². The minimum absolute atomic E-state index is 0.0469. The van der Waals surface area contributed by atoms with Crippen molar-refractivity contribution < 1.29 is 14.4 Å². The number of likely N-dealkylation sites (tertiary alicyclic amines) is 1. The van der Waals surface area contributed by atoms with E-state index in [1.165, 1.54) is 0 Å². The zero-order valence-corrected chi connectivity index (χ0v) is 16.5. The van der Waals surface area contributed by atoms with Crippen LogP contribution in [0.5, 0.6) is 0 Å². The van der Waals surface area contributed by atoms with Crippen LogP contribution in [-0.4, -0.2) is 47.4 Å². The van der Waals surface area contributed by atoms with Crippen molar-refractivity contribution in [3.63, 3.8) is 0 Å². The summed E-state index contributed by atoms with van der Waals surface area (Å²) in [6.07, 6.45) is 1.47. The van der Waals surface area contributed by atoms with Crippen LogP contribution in [0.2, 0.25) is 5.02 Å². The van der Waals surface area contributed by atoms with Crippen molar-refractivity contribution in [3.8, 4) is 0 Å². The number of anilines is 1. The smallest absolute Gasteiger partial charge is 0.322 e. The van der Waals surface area contributed by atoms with Crippen LogP contribution in [0.3, 0.4) is 0 Å². The second kappa shape index (κ2) is 7.48. The molecule has 0 aliphatic carbocycles. The predicted octanol–water partition coefficient (Wildman–Crippen LogP) is 2.29. The van der Waals surface area contributed by atoms with E-state index in [9.17, 15) is 14.4 Å². The second-order valence-corrected chi connectivity index (χ2v) is 7.91. The first kappa shape index (κ1) is 19.6. The number of piperidine rings is 1. The third-order valence-electron chi connectivity index (χ3n) is 5.87. The number of nitrogens with zero attached hydrogens (tertiary/aromatic N) is 1. The molecule has 4 amide bonds. The van der Waals surface area contributed by atoms with E-state index < -0.39 is 11.6 Å². The van der Waals surface area contributed by atoms with Crippen molar-refractivity contribution in [1.82, 2.24) is 15.5 Å². The van der Waals surface area contributed by atoms with Gasteiger partial charge in [0.2, 0.25) is 5.91 Å². The third-order valence-corrected chi connectivity index (χ3v) is 6.28. The van der Waals surface area contributed by atoms with Crippen LogP contribution < -0.4 is 16.0 Å². The summed E-state index contributed by atoms with van der Waals surface area (Å²) < 4.78 is 0. The Balaban J connectivity index is 1.59. The lowest BCUT2D eigenvalue weighted by molar-refractivity contribution is -0.127. The Morgan fingerprint density at radius 1 is 1.33 bits per heavy atom. The maximum atomic E-state index is 12.7. The van der Waals surface area contributed by atoms with Gasteiger partial charge in [-0.1, -0.05) is 17.7 Å². The molecule has 3 N–H and O–H groups in total. The Morgan fingerprint density at radius 2 is 2.00 bits per heavy atom. The van der Waals surface area contributed by atoms with Gasteiger partial charge < -0.3 is 10.6 Å². The van der Waals surface area contributed by atoms with Crippen molar-refractivity contribution >= 4 is 35.1 Å². The van der Waals surface area contributed by atoms with Gasteiger partial charge in [-0.3, -0.25) is 19.8 Å². The van der Waals surface area contributed by atoms with Gasteiger partial charge in [0.1, 0.15) is 5.54 Å². The van der Waals surface area contributed by atoms with Crippen LogP contribution in [0.25, 0.3) is 0 Å². The summed E-state index contributed by atoms with van der Waals surface area (Å²) in [6, 6.07) is 4.70. The van der Waals surface area contributed by atoms with Gasteiger partial charge in [0.25, 0.3) is 5.91 Å². The molecular formula is C19H25ClN4O3. The van der Waals surface area contributed by atoms with Gasteiger partial charge in [-0.25, -0.2) is 4.79 Å². The maximum Gasteiger partial charge on any atom is 0.322 e. The lowest BCUT2D eigenvalue weighted by Crippen LogP contribution is -2.55. The molecule has 0 spiro atoms. The fourth-order valence-corrected chi connectivity index (χ4v) is 4.03. The first-order valence-corrected chi connectivity index (χ1v) is 9.54. The number of halogens is 1. The zero-order chi connectivity index (χ0) is 19.8. The van der Waals surface area contributed by atoms with Crippen LogP contribution in [0.4, 0.5) is 10.5 Å². The van der Waals surface area contributed by atoms with E-state index in [-0.39, 0.29) is 23.8 Å². The van der Waals surface area contributed by atoms with Crippen molar-refractivity contribution in [2.75, 3.05) is 18.4 Å². The summed E-state index contributed by atoms with van der Waals surface area (Å²) in [5.74, 6) is -0.309. The average Bonchev–Trinajstić information content (AvgIpc) is 2.91. The Morgan fingerprint density at radius 3 is 2.59 bits per heavy atom. The topological polar surface area (TPSA) is 90.5 Å². The van der Waals surface area contributed by atoms with Crippen LogP contribution in [0.1, 0.15) is 32.3 Å². The average molecular weight is 393 g/mol. The normalized spacial score (nSPS) is 25.0. The molecule has 2 heterocycles. The number of imide groups is 1. The summed E-state index contributed by atoms with van der Waals surface area (Å²) in [4.78, 5) is 38.3. The van der Waals surface area contributed by atoms with E-state index in [0.29, 0.717) is 23.8 Å². The molecule has 2 atom stereocenters. The Bertz CT molecular complexity index is 776. The van der Waals surface area contributed by atoms with Crippen molar-refractivity contribution in [3.05, 3.63) is 28.8 Å². The highest BCUT2D eigenvalue weighted by Gasteiger charge is 2.48.